The Morgan fingerprint density at radius 2 is 1.63 bits per heavy atom. The summed E-state index contributed by atoms with van der Waals surface area (Å²) in [6.07, 6.45) is 0.694. The molecule has 0 saturated carbocycles. The van der Waals surface area contributed by atoms with Crippen molar-refractivity contribution in [3.05, 3.63) is 101 Å². The van der Waals surface area contributed by atoms with Crippen LogP contribution in [0.5, 0.6) is 5.75 Å². The zero-order valence-corrected chi connectivity index (χ0v) is 21.9. The average Bonchev–Trinajstić information content (AvgIpc) is 3.17. The van der Waals surface area contributed by atoms with Gasteiger partial charge in [-0.2, -0.15) is 0 Å². The van der Waals surface area contributed by atoms with Gasteiger partial charge < -0.3 is 14.6 Å². The second kappa shape index (κ2) is 11.3. The molecular formula is C31H31NO6. The topological polar surface area (TPSA) is 93.1 Å². The van der Waals surface area contributed by atoms with E-state index in [4.69, 9.17) is 9.47 Å². The highest BCUT2D eigenvalue weighted by Crippen LogP contribution is 2.42. The summed E-state index contributed by atoms with van der Waals surface area (Å²) >= 11 is 0. The molecule has 3 aromatic rings. The van der Waals surface area contributed by atoms with Gasteiger partial charge in [-0.1, -0.05) is 36.8 Å². The highest BCUT2D eigenvalue weighted by molar-refractivity contribution is 6.51. The summed E-state index contributed by atoms with van der Waals surface area (Å²) in [5, 5.41) is 11.3. The number of aryl methyl sites for hydroxylation is 1. The Morgan fingerprint density at radius 3 is 2.24 bits per heavy atom. The number of amides is 1. The van der Waals surface area contributed by atoms with E-state index in [9.17, 15) is 19.5 Å². The Bertz CT molecular complexity index is 1370. The van der Waals surface area contributed by atoms with Crippen LogP contribution in [0.15, 0.2) is 78.4 Å². The van der Waals surface area contributed by atoms with Gasteiger partial charge in [0.1, 0.15) is 11.5 Å². The van der Waals surface area contributed by atoms with E-state index >= 15 is 0 Å². The quantitative estimate of drug-likeness (QED) is 0.173. The number of hydrogen-bond donors (Lipinski definition) is 1. The van der Waals surface area contributed by atoms with Crippen LogP contribution in [0.2, 0.25) is 0 Å². The predicted molar refractivity (Wildman–Crippen MR) is 145 cm³/mol. The molecule has 4 rings (SSSR count). The second-order valence-corrected chi connectivity index (χ2v) is 9.46. The van der Waals surface area contributed by atoms with Gasteiger partial charge >= 0.3 is 5.97 Å². The minimum Gasteiger partial charge on any atom is -0.507 e. The van der Waals surface area contributed by atoms with E-state index in [-0.39, 0.29) is 17.4 Å². The van der Waals surface area contributed by atoms with Crippen LogP contribution in [0.25, 0.3) is 5.76 Å². The standard InChI is InChI=1S/C31H31NO6/c1-5-17-37-31(36)22-9-13-24(14-10-22)32-27(23-8-6-7-20(4)18-23)26(29(34)30(32)35)28(33)21-11-15-25(16-12-21)38-19(2)3/h6-16,18-19,27,33H,5,17H2,1-4H3/b28-26+. The molecule has 38 heavy (non-hydrogen) atoms. The Morgan fingerprint density at radius 1 is 0.974 bits per heavy atom. The third-order valence-electron chi connectivity index (χ3n) is 6.12. The lowest BCUT2D eigenvalue weighted by Crippen LogP contribution is -2.29. The molecule has 1 fully saturated rings. The number of anilines is 1. The van der Waals surface area contributed by atoms with Crippen LogP contribution in [-0.2, 0) is 14.3 Å². The minimum absolute atomic E-state index is 0.00967. The number of rotatable bonds is 8. The molecule has 1 N–H and O–H groups in total. The van der Waals surface area contributed by atoms with Crippen molar-refractivity contribution >= 4 is 29.1 Å². The number of nitrogens with zero attached hydrogens (tertiary/aromatic N) is 1. The Balaban J connectivity index is 1.79. The Labute approximate surface area is 222 Å². The van der Waals surface area contributed by atoms with Gasteiger partial charge in [0.2, 0.25) is 0 Å². The molecular weight excluding hydrogens is 482 g/mol. The zero-order valence-electron chi connectivity index (χ0n) is 21.9. The van der Waals surface area contributed by atoms with E-state index < -0.39 is 23.7 Å². The molecule has 0 bridgehead atoms. The van der Waals surface area contributed by atoms with Crippen molar-refractivity contribution in [2.75, 3.05) is 11.5 Å². The monoisotopic (exact) mass is 513 g/mol. The highest BCUT2D eigenvalue weighted by atomic mass is 16.5. The van der Waals surface area contributed by atoms with Crippen LogP contribution in [0.4, 0.5) is 5.69 Å². The molecule has 7 heteroatoms. The lowest BCUT2D eigenvalue weighted by molar-refractivity contribution is -0.132. The number of carbonyl (C=O) groups is 3. The molecule has 1 heterocycles. The number of benzene rings is 3. The molecule has 0 radical (unpaired) electrons. The van der Waals surface area contributed by atoms with Crippen LogP contribution >= 0.6 is 0 Å². The lowest BCUT2D eigenvalue weighted by atomic mass is 9.94. The van der Waals surface area contributed by atoms with Gasteiger partial charge in [-0.3, -0.25) is 14.5 Å². The van der Waals surface area contributed by atoms with Gasteiger partial charge in [0.05, 0.1) is 29.9 Å². The highest BCUT2D eigenvalue weighted by Gasteiger charge is 2.47. The van der Waals surface area contributed by atoms with E-state index in [0.29, 0.717) is 41.2 Å². The van der Waals surface area contributed by atoms with Crippen LogP contribution in [-0.4, -0.2) is 35.5 Å². The van der Waals surface area contributed by atoms with E-state index in [1.807, 2.05) is 52.0 Å². The third kappa shape index (κ3) is 5.47. The second-order valence-electron chi connectivity index (χ2n) is 9.46. The van der Waals surface area contributed by atoms with E-state index in [0.717, 1.165) is 5.56 Å². The molecule has 3 aromatic carbocycles. The number of Topliss-reactive ketones (excluding diaryl/α,β-unsaturated/α-hetero) is 1. The van der Waals surface area contributed by atoms with Gasteiger partial charge in [-0.05, 0) is 81.3 Å². The van der Waals surface area contributed by atoms with Gasteiger partial charge in [-0.15, -0.1) is 0 Å². The number of aliphatic hydroxyl groups excluding tert-OH is 1. The maximum absolute atomic E-state index is 13.4. The smallest absolute Gasteiger partial charge is 0.338 e. The Hall–Kier alpha value is -4.39. The van der Waals surface area contributed by atoms with Crippen LogP contribution in [0.1, 0.15) is 60.3 Å². The average molecular weight is 514 g/mol. The summed E-state index contributed by atoms with van der Waals surface area (Å²) in [6.45, 7) is 7.97. The number of ketones is 1. The number of carbonyl (C=O) groups excluding carboxylic acids is 3. The van der Waals surface area contributed by atoms with Crippen LogP contribution in [0, 0.1) is 6.92 Å². The van der Waals surface area contributed by atoms with Crippen molar-refractivity contribution < 1.29 is 29.0 Å². The van der Waals surface area contributed by atoms with E-state index in [1.54, 1.807) is 48.5 Å². The van der Waals surface area contributed by atoms with Gasteiger partial charge in [0.15, 0.2) is 0 Å². The number of ether oxygens (including phenoxy) is 2. The van der Waals surface area contributed by atoms with Crippen molar-refractivity contribution in [2.24, 2.45) is 0 Å². The van der Waals surface area contributed by atoms with E-state index in [1.165, 1.54) is 4.90 Å². The molecule has 1 amide bonds. The largest absolute Gasteiger partial charge is 0.507 e. The zero-order chi connectivity index (χ0) is 27.4. The van der Waals surface area contributed by atoms with Crippen LogP contribution < -0.4 is 9.64 Å². The first-order valence-electron chi connectivity index (χ1n) is 12.6. The van der Waals surface area contributed by atoms with Crippen molar-refractivity contribution in [1.29, 1.82) is 0 Å². The summed E-state index contributed by atoms with van der Waals surface area (Å²) in [7, 11) is 0. The van der Waals surface area contributed by atoms with Crippen LogP contribution in [0.3, 0.4) is 0 Å². The maximum atomic E-state index is 13.4. The first kappa shape index (κ1) is 26.7. The molecule has 0 aromatic heterocycles. The molecule has 0 aliphatic carbocycles. The van der Waals surface area contributed by atoms with Crippen molar-refractivity contribution in [1.82, 2.24) is 0 Å². The number of hydrogen-bond acceptors (Lipinski definition) is 6. The molecule has 1 unspecified atom stereocenters. The molecule has 0 spiro atoms. The molecule has 1 atom stereocenters. The molecule has 1 aliphatic rings. The summed E-state index contributed by atoms with van der Waals surface area (Å²) in [6, 6.07) is 19.7. The first-order valence-corrected chi connectivity index (χ1v) is 12.6. The minimum atomic E-state index is -0.862. The third-order valence-corrected chi connectivity index (χ3v) is 6.12. The fourth-order valence-corrected chi connectivity index (χ4v) is 4.41. The van der Waals surface area contributed by atoms with Crippen molar-refractivity contribution in [3.63, 3.8) is 0 Å². The number of aliphatic hydroxyl groups is 1. The van der Waals surface area contributed by atoms with Gasteiger partial charge in [0, 0.05) is 11.3 Å². The first-order chi connectivity index (χ1) is 18.2. The molecule has 1 saturated heterocycles. The SMILES string of the molecule is CCCOC(=O)c1ccc(N2C(=O)C(=O)/C(=C(/O)c3ccc(OC(C)C)cc3)C2c2cccc(C)c2)cc1. The summed E-state index contributed by atoms with van der Waals surface area (Å²) in [5.74, 6) is -1.65. The summed E-state index contributed by atoms with van der Waals surface area (Å²) < 4.78 is 10.9. The molecule has 1 aliphatic heterocycles. The summed E-state index contributed by atoms with van der Waals surface area (Å²) in [5.41, 5.74) is 2.77. The maximum Gasteiger partial charge on any atom is 0.338 e. The van der Waals surface area contributed by atoms with E-state index in [2.05, 4.69) is 0 Å². The molecule has 196 valence electrons. The summed E-state index contributed by atoms with van der Waals surface area (Å²) in [4.78, 5) is 40.4. The number of esters is 1. The Kier molecular flexibility index (Phi) is 7.96. The fourth-order valence-electron chi connectivity index (χ4n) is 4.41. The normalized spacial score (nSPS) is 16.7. The fraction of sp³-hybridized carbons (Fsp3) is 0.258. The van der Waals surface area contributed by atoms with Crippen molar-refractivity contribution in [2.45, 2.75) is 46.3 Å². The lowest BCUT2D eigenvalue weighted by Gasteiger charge is -2.26. The van der Waals surface area contributed by atoms with Crippen molar-refractivity contribution in [3.8, 4) is 5.75 Å². The predicted octanol–water partition coefficient (Wildman–Crippen LogP) is 5.98. The van der Waals surface area contributed by atoms with Gasteiger partial charge in [0.25, 0.3) is 11.7 Å². The van der Waals surface area contributed by atoms with Gasteiger partial charge in [-0.25, -0.2) is 4.79 Å². The molecule has 7 nitrogen and oxygen atoms in total.